The van der Waals surface area contributed by atoms with Crippen molar-refractivity contribution in [2.24, 2.45) is 0 Å². The molecule has 1 heterocycles. The minimum atomic E-state index is -4.22. The van der Waals surface area contributed by atoms with Gasteiger partial charge in [-0.1, -0.05) is 0 Å². The number of hydrogen-bond acceptors (Lipinski definition) is 5. The van der Waals surface area contributed by atoms with Crippen LogP contribution in [0.3, 0.4) is 0 Å². The summed E-state index contributed by atoms with van der Waals surface area (Å²) in [6.45, 7) is -0.180. The van der Waals surface area contributed by atoms with Gasteiger partial charge in [0.05, 0.1) is 24.6 Å². The summed E-state index contributed by atoms with van der Waals surface area (Å²) in [4.78, 5) is 24.5. The number of sulfonamides is 1. The molecule has 1 aliphatic rings. The lowest BCUT2D eigenvalue weighted by atomic mass is 10.3. The zero-order chi connectivity index (χ0) is 19.3. The van der Waals surface area contributed by atoms with Crippen molar-refractivity contribution in [3.05, 3.63) is 29.8 Å². The number of carbonyl (C=O) groups excluding carboxylic acids is 2. The van der Waals surface area contributed by atoms with Gasteiger partial charge < -0.3 is 15.0 Å². The van der Waals surface area contributed by atoms with E-state index in [2.05, 4.69) is 5.32 Å². The van der Waals surface area contributed by atoms with Crippen molar-refractivity contribution in [1.82, 2.24) is 14.5 Å². The van der Waals surface area contributed by atoms with Crippen LogP contribution >= 0.6 is 0 Å². The van der Waals surface area contributed by atoms with Gasteiger partial charge in [-0.3, -0.25) is 9.59 Å². The Balaban J connectivity index is 2.01. The average molecular weight is 391 g/mol. The van der Waals surface area contributed by atoms with Gasteiger partial charge in [-0.05, 0) is 12.1 Å². The van der Waals surface area contributed by atoms with Gasteiger partial charge in [0.1, 0.15) is 11.6 Å². The normalized spacial score (nSPS) is 16.0. The Morgan fingerprint density at radius 2 is 1.88 bits per heavy atom. The minimum Gasteiger partial charge on any atom is -0.383 e. The van der Waals surface area contributed by atoms with Gasteiger partial charge in [-0.25, -0.2) is 17.2 Å². The second kappa shape index (κ2) is 8.52. The van der Waals surface area contributed by atoms with Crippen LogP contribution < -0.4 is 5.32 Å². The standard InChI is InChI=1S/C15H19F2N3O5S/c1-25-5-2-18-14(21)9-19-3-4-20(10-15(19)22)26(23,24)13-7-11(16)6-12(17)8-13/h6-8H,2-5,9-10H2,1H3,(H,18,21). The van der Waals surface area contributed by atoms with Crippen molar-refractivity contribution >= 4 is 21.8 Å². The first-order chi connectivity index (χ1) is 12.2. The van der Waals surface area contributed by atoms with Crippen LogP contribution in [0.2, 0.25) is 0 Å². The lowest BCUT2D eigenvalue weighted by Gasteiger charge is -2.33. The second-order valence-electron chi connectivity index (χ2n) is 5.60. The number of hydrogen-bond donors (Lipinski definition) is 1. The predicted molar refractivity (Wildman–Crippen MR) is 86.6 cm³/mol. The summed E-state index contributed by atoms with van der Waals surface area (Å²) in [6, 6.07) is 1.95. The lowest BCUT2D eigenvalue weighted by Crippen LogP contribution is -2.54. The molecule has 1 aliphatic heterocycles. The van der Waals surface area contributed by atoms with Gasteiger partial charge in [-0.15, -0.1) is 0 Å². The van der Waals surface area contributed by atoms with E-state index in [1.165, 1.54) is 12.0 Å². The highest BCUT2D eigenvalue weighted by molar-refractivity contribution is 7.89. The van der Waals surface area contributed by atoms with E-state index in [1.54, 1.807) is 0 Å². The topological polar surface area (TPSA) is 96.0 Å². The van der Waals surface area contributed by atoms with Crippen LogP contribution in [0, 0.1) is 11.6 Å². The molecule has 2 amide bonds. The number of nitrogens with zero attached hydrogens (tertiary/aromatic N) is 2. The van der Waals surface area contributed by atoms with E-state index < -0.39 is 39.0 Å². The molecule has 1 N–H and O–H groups in total. The summed E-state index contributed by atoms with van der Waals surface area (Å²) in [5, 5.41) is 2.56. The molecular weight excluding hydrogens is 372 g/mol. The van der Waals surface area contributed by atoms with Crippen LogP contribution in [0.4, 0.5) is 8.78 Å². The monoisotopic (exact) mass is 391 g/mol. The summed E-state index contributed by atoms with van der Waals surface area (Å²) in [5.41, 5.74) is 0. The van der Waals surface area contributed by atoms with E-state index in [1.807, 2.05) is 0 Å². The van der Waals surface area contributed by atoms with Crippen molar-refractivity contribution in [2.75, 3.05) is 46.4 Å². The first kappa shape index (κ1) is 20.2. The van der Waals surface area contributed by atoms with E-state index >= 15 is 0 Å². The molecule has 0 atom stereocenters. The smallest absolute Gasteiger partial charge is 0.243 e. The van der Waals surface area contributed by atoms with E-state index in [-0.39, 0.29) is 25.5 Å². The van der Waals surface area contributed by atoms with Gasteiger partial charge in [0, 0.05) is 32.8 Å². The highest BCUT2D eigenvalue weighted by Gasteiger charge is 2.33. The Morgan fingerprint density at radius 1 is 1.23 bits per heavy atom. The van der Waals surface area contributed by atoms with Crippen LogP contribution in [0.1, 0.15) is 0 Å². The highest BCUT2D eigenvalue weighted by atomic mass is 32.2. The number of methoxy groups -OCH3 is 1. The number of nitrogens with one attached hydrogen (secondary N) is 1. The first-order valence-electron chi connectivity index (χ1n) is 7.73. The molecule has 8 nitrogen and oxygen atoms in total. The number of benzene rings is 1. The van der Waals surface area contributed by atoms with E-state index in [9.17, 15) is 26.8 Å². The summed E-state index contributed by atoms with van der Waals surface area (Å²) < 4.78 is 57.1. The summed E-state index contributed by atoms with van der Waals surface area (Å²) in [6.07, 6.45) is 0. The maximum absolute atomic E-state index is 13.3. The number of carbonyl (C=O) groups is 2. The third kappa shape index (κ3) is 4.96. The molecule has 1 fully saturated rings. The van der Waals surface area contributed by atoms with Gasteiger partial charge in [-0.2, -0.15) is 4.31 Å². The van der Waals surface area contributed by atoms with Gasteiger partial charge in [0.15, 0.2) is 0 Å². The molecule has 11 heteroatoms. The Kier molecular flexibility index (Phi) is 6.62. The third-order valence-corrected chi connectivity index (χ3v) is 5.54. The summed E-state index contributed by atoms with van der Waals surface area (Å²) in [7, 11) is -2.73. The minimum absolute atomic E-state index is 0.00639. The van der Waals surface area contributed by atoms with Crippen LogP contribution in [-0.4, -0.2) is 75.9 Å². The molecular formula is C15H19F2N3O5S. The van der Waals surface area contributed by atoms with Crippen LogP contribution in [-0.2, 0) is 24.3 Å². The Morgan fingerprint density at radius 3 is 2.46 bits per heavy atom. The van der Waals surface area contributed by atoms with Gasteiger partial charge in [0.2, 0.25) is 21.8 Å². The summed E-state index contributed by atoms with van der Waals surface area (Å²) >= 11 is 0. The Bertz CT molecular complexity index is 767. The van der Waals surface area contributed by atoms with Crippen molar-refractivity contribution in [1.29, 1.82) is 0 Å². The zero-order valence-corrected chi connectivity index (χ0v) is 14.9. The number of rotatable bonds is 7. The van der Waals surface area contributed by atoms with E-state index in [4.69, 9.17) is 4.74 Å². The molecule has 2 rings (SSSR count). The molecule has 1 saturated heterocycles. The van der Waals surface area contributed by atoms with Crippen LogP contribution in [0.25, 0.3) is 0 Å². The molecule has 0 unspecified atom stereocenters. The molecule has 0 radical (unpaired) electrons. The predicted octanol–water partition coefficient (Wildman–Crippen LogP) is -0.440. The lowest BCUT2D eigenvalue weighted by molar-refractivity contribution is -0.138. The molecule has 0 saturated carbocycles. The molecule has 0 aliphatic carbocycles. The number of amides is 2. The van der Waals surface area contributed by atoms with Gasteiger partial charge in [0.25, 0.3) is 0 Å². The Labute approximate surface area is 149 Å². The quantitative estimate of drug-likeness (QED) is 0.636. The maximum atomic E-state index is 13.3. The largest absolute Gasteiger partial charge is 0.383 e. The van der Waals surface area contributed by atoms with E-state index in [0.29, 0.717) is 31.4 Å². The SMILES string of the molecule is COCCNC(=O)CN1CCN(S(=O)(=O)c2cc(F)cc(F)c2)CC1=O. The van der Waals surface area contributed by atoms with Gasteiger partial charge >= 0.3 is 0 Å². The van der Waals surface area contributed by atoms with Crippen molar-refractivity contribution in [3.8, 4) is 0 Å². The average Bonchev–Trinajstić information content (AvgIpc) is 2.56. The molecule has 1 aromatic carbocycles. The first-order valence-corrected chi connectivity index (χ1v) is 9.17. The number of piperazine rings is 1. The summed E-state index contributed by atoms with van der Waals surface area (Å²) in [5.74, 6) is -3.01. The molecule has 1 aromatic rings. The molecule has 26 heavy (non-hydrogen) atoms. The molecule has 0 aromatic heterocycles. The number of ether oxygens (including phenoxy) is 1. The molecule has 0 spiro atoms. The Hall–Kier alpha value is -2.11. The van der Waals surface area contributed by atoms with Crippen LogP contribution in [0.5, 0.6) is 0 Å². The zero-order valence-electron chi connectivity index (χ0n) is 14.1. The van der Waals surface area contributed by atoms with Crippen molar-refractivity contribution in [3.63, 3.8) is 0 Å². The van der Waals surface area contributed by atoms with Crippen molar-refractivity contribution < 1.29 is 31.5 Å². The fourth-order valence-corrected chi connectivity index (χ4v) is 3.83. The molecule has 0 bridgehead atoms. The van der Waals surface area contributed by atoms with E-state index in [0.717, 1.165) is 4.31 Å². The highest BCUT2D eigenvalue weighted by Crippen LogP contribution is 2.20. The molecule has 144 valence electrons. The number of halogens is 2. The van der Waals surface area contributed by atoms with Crippen LogP contribution in [0.15, 0.2) is 23.1 Å². The fourth-order valence-electron chi connectivity index (χ4n) is 2.41. The fraction of sp³-hybridized carbons (Fsp3) is 0.467. The third-order valence-electron chi connectivity index (χ3n) is 3.72. The maximum Gasteiger partial charge on any atom is 0.243 e. The van der Waals surface area contributed by atoms with Crippen molar-refractivity contribution in [2.45, 2.75) is 4.90 Å². The second-order valence-corrected chi connectivity index (χ2v) is 7.54.